The molecule has 0 aromatic carbocycles. The number of thiazole rings is 1. The Kier molecular flexibility index (Phi) is 3.57. The molecule has 0 aliphatic rings. The van der Waals surface area contributed by atoms with Crippen LogP contribution >= 0.6 is 11.3 Å². The highest BCUT2D eigenvalue weighted by Crippen LogP contribution is 2.21. The fourth-order valence-corrected chi connectivity index (χ4v) is 2.21. The summed E-state index contributed by atoms with van der Waals surface area (Å²) in [6, 6.07) is 3.50. The first-order chi connectivity index (χ1) is 8.60. The lowest BCUT2D eigenvalue weighted by molar-refractivity contribution is 0.102. The van der Waals surface area contributed by atoms with Gasteiger partial charge in [-0.05, 0) is 26.0 Å². The SMILES string of the molecule is CNc1ccnc(C(=O)Nc2nc(C)c(C)s2)c1. The van der Waals surface area contributed by atoms with Gasteiger partial charge in [-0.3, -0.25) is 15.1 Å². The first-order valence-corrected chi connectivity index (χ1v) is 6.31. The Bertz CT molecular complexity index is 560. The zero-order valence-corrected chi connectivity index (χ0v) is 11.3. The molecule has 94 valence electrons. The minimum atomic E-state index is -0.249. The fourth-order valence-electron chi connectivity index (χ4n) is 1.40. The summed E-state index contributed by atoms with van der Waals surface area (Å²) in [5, 5.41) is 6.32. The van der Waals surface area contributed by atoms with Gasteiger partial charge in [-0.15, -0.1) is 11.3 Å². The van der Waals surface area contributed by atoms with Crippen LogP contribution in [0.1, 0.15) is 21.1 Å². The topological polar surface area (TPSA) is 66.9 Å². The molecule has 0 atom stereocenters. The number of aryl methyl sites for hydroxylation is 2. The molecule has 0 aliphatic heterocycles. The molecule has 6 heteroatoms. The van der Waals surface area contributed by atoms with Crippen LogP contribution in [0.15, 0.2) is 18.3 Å². The predicted molar refractivity (Wildman–Crippen MR) is 73.3 cm³/mol. The number of pyridine rings is 1. The van der Waals surface area contributed by atoms with Crippen LogP contribution in [0.5, 0.6) is 0 Å². The van der Waals surface area contributed by atoms with Crippen molar-refractivity contribution in [1.29, 1.82) is 0 Å². The van der Waals surface area contributed by atoms with E-state index in [1.54, 1.807) is 25.4 Å². The molecule has 0 radical (unpaired) electrons. The van der Waals surface area contributed by atoms with Gasteiger partial charge in [0.25, 0.3) is 5.91 Å². The maximum Gasteiger partial charge on any atom is 0.276 e. The molecule has 0 fully saturated rings. The molecule has 0 saturated heterocycles. The molecule has 2 rings (SSSR count). The van der Waals surface area contributed by atoms with Gasteiger partial charge in [0.15, 0.2) is 5.13 Å². The van der Waals surface area contributed by atoms with Crippen LogP contribution in [0, 0.1) is 13.8 Å². The van der Waals surface area contributed by atoms with Crippen molar-refractivity contribution in [1.82, 2.24) is 9.97 Å². The van der Waals surface area contributed by atoms with E-state index in [4.69, 9.17) is 0 Å². The molecule has 0 spiro atoms. The highest BCUT2D eigenvalue weighted by Gasteiger charge is 2.11. The van der Waals surface area contributed by atoms with E-state index in [0.717, 1.165) is 16.3 Å². The minimum absolute atomic E-state index is 0.249. The van der Waals surface area contributed by atoms with Crippen LogP contribution in [-0.2, 0) is 0 Å². The molecule has 2 N–H and O–H groups in total. The number of nitrogens with zero attached hydrogens (tertiary/aromatic N) is 2. The van der Waals surface area contributed by atoms with Gasteiger partial charge in [-0.25, -0.2) is 4.98 Å². The Labute approximate surface area is 109 Å². The second kappa shape index (κ2) is 5.14. The monoisotopic (exact) mass is 262 g/mol. The second-order valence-electron chi connectivity index (χ2n) is 3.79. The van der Waals surface area contributed by atoms with Crippen LogP contribution in [0.25, 0.3) is 0 Å². The lowest BCUT2D eigenvalue weighted by atomic mass is 10.3. The quantitative estimate of drug-likeness (QED) is 0.891. The zero-order valence-electron chi connectivity index (χ0n) is 10.4. The van der Waals surface area contributed by atoms with Crippen LogP contribution in [0.4, 0.5) is 10.8 Å². The molecular formula is C12H14N4OS. The van der Waals surface area contributed by atoms with E-state index in [1.807, 2.05) is 13.8 Å². The molecule has 5 nitrogen and oxygen atoms in total. The fraction of sp³-hybridized carbons (Fsp3) is 0.250. The average Bonchev–Trinajstić information content (AvgIpc) is 2.68. The Morgan fingerprint density at radius 1 is 1.39 bits per heavy atom. The van der Waals surface area contributed by atoms with Gasteiger partial charge in [0.1, 0.15) is 5.69 Å². The first kappa shape index (κ1) is 12.5. The number of nitrogens with one attached hydrogen (secondary N) is 2. The van der Waals surface area contributed by atoms with Crippen molar-refractivity contribution in [2.24, 2.45) is 0 Å². The third-order valence-corrected chi connectivity index (χ3v) is 3.52. The lowest BCUT2D eigenvalue weighted by Crippen LogP contribution is -2.13. The van der Waals surface area contributed by atoms with Crippen LogP contribution in [-0.4, -0.2) is 22.9 Å². The second-order valence-corrected chi connectivity index (χ2v) is 5.00. The number of amides is 1. The number of rotatable bonds is 3. The normalized spacial score (nSPS) is 10.2. The van der Waals surface area contributed by atoms with Crippen molar-refractivity contribution in [2.45, 2.75) is 13.8 Å². The summed E-state index contributed by atoms with van der Waals surface area (Å²) in [7, 11) is 1.80. The smallest absolute Gasteiger partial charge is 0.276 e. The summed E-state index contributed by atoms with van der Waals surface area (Å²) in [4.78, 5) is 21.4. The third kappa shape index (κ3) is 2.65. The standard InChI is InChI=1S/C12H14N4OS/c1-7-8(2)18-12(15-7)16-11(17)10-6-9(13-3)4-5-14-10/h4-6H,1-3H3,(H,13,14)(H,15,16,17). The third-order valence-electron chi connectivity index (χ3n) is 2.53. The molecule has 0 aliphatic carbocycles. The van der Waals surface area contributed by atoms with Gasteiger partial charge < -0.3 is 5.32 Å². The number of anilines is 2. The van der Waals surface area contributed by atoms with Crippen LogP contribution in [0.2, 0.25) is 0 Å². The first-order valence-electron chi connectivity index (χ1n) is 5.49. The molecule has 0 unspecified atom stereocenters. The van der Waals surface area contributed by atoms with Gasteiger partial charge in [-0.1, -0.05) is 0 Å². The lowest BCUT2D eigenvalue weighted by Gasteiger charge is -2.03. The van der Waals surface area contributed by atoms with Crippen LogP contribution in [0.3, 0.4) is 0 Å². The van der Waals surface area contributed by atoms with Crippen molar-refractivity contribution in [3.8, 4) is 0 Å². The van der Waals surface area contributed by atoms with Gasteiger partial charge >= 0.3 is 0 Å². The molecule has 2 aromatic heterocycles. The van der Waals surface area contributed by atoms with Crippen molar-refractivity contribution in [3.05, 3.63) is 34.6 Å². The van der Waals surface area contributed by atoms with Crippen molar-refractivity contribution >= 4 is 28.1 Å². The van der Waals surface area contributed by atoms with Crippen molar-refractivity contribution < 1.29 is 4.79 Å². The molecule has 0 bridgehead atoms. The molecule has 18 heavy (non-hydrogen) atoms. The largest absolute Gasteiger partial charge is 0.388 e. The Morgan fingerprint density at radius 2 is 2.17 bits per heavy atom. The van der Waals surface area contributed by atoms with Gasteiger partial charge in [0.2, 0.25) is 0 Å². The molecule has 2 aromatic rings. The highest BCUT2D eigenvalue weighted by molar-refractivity contribution is 7.15. The summed E-state index contributed by atoms with van der Waals surface area (Å²) < 4.78 is 0. The van der Waals surface area contributed by atoms with Gasteiger partial charge in [0, 0.05) is 23.8 Å². The summed E-state index contributed by atoms with van der Waals surface area (Å²) in [6.45, 7) is 3.89. The van der Waals surface area contributed by atoms with Crippen molar-refractivity contribution in [3.63, 3.8) is 0 Å². The number of aromatic nitrogens is 2. The summed E-state index contributed by atoms with van der Waals surface area (Å²) in [5.41, 5.74) is 2.15. The Hall–Kier alpha value is -1.95. The highest BCUT2D eigenvalue weighted by atomic mass is 32.1. The number of hydrogen-bond donors (Lipinski definition) is 2. The Balaban J connectivity index is 2.16. The van der Waals surface area contributed by atoms with E-state index in [9.17, 15) is 4.79 Å². The number of hydrogen-bond acceptors (Lipinski definition) is 5. The maximum absolute atomic E-state index is 12.0. The van der Waals surface area contributed by atoms with Crippen LogP contribution < -0.4 is 10.6 Å². The summed E-state index contributed by atoms with van der Waals surface area (Å²) >= 11 is 1.46. The van der Waals surface area contributed by atoms with E-state index in [-0.39, 0.29) is 5.91 Å². The average molecular weight is 262 g/mol. The molecule has 0 saturated carbocycles. The van der Waals surface area contributed by atoms with E-state index >= 15 is 0 Å². The number of carbonyl (C=O) groups is 1. The van der Waals surface area contributed by atoms with Gasteiger partial charge in [0.05, 0.1) is 5.69 Å². The zero-order chi connectivity index (χ0) is 13.1. The number of carbonyl (C=O) groups excluding carboxylic acids is 1. The molecular weight excluding hydrogens is 248 g/mol. The summed E-state index contributed by atoms with van der Waals surface area (Å²) in [6.07, 6.45) is 1.60. The summed E-state index contributed by atoms with van der Waals surface area (Å²) in [5.74, 6) is -0.249. The van der Waals surface area contributed by atoms with E-state index in [0.29, 0.717) is 10.8 Å². The Morgan fingerprint density at radius 3 is 2.78 bits per heavy atom. The minimum Gasteiger partial charge on any atom is -0.388 e. The van der Waals surface area contributed by atoms with Crippen molar-refractivity contribution in [2.75, 3.05) is 17.7 Å². The molecule has 2 heterocycles. The predicted octanol–water partition coefficient (Wildman–Crippen LogP) is 2.45. The maximum atomic E-state index is 12.0. The van der Waals surface area contributed by atoms with Gasteiger partial charge in [-0.2, -0.15) is 0 Å². The van der Waals surface area contributed by atoms with E-state index in [1.165, 1.54) is 11.3 Å². The van der Waals surface area contributed by atoms with E-state index < -0.39 is 0 Å². The van der Waals surface area contributed by atoms with E-state index in [2.05, 4.69) is 20.6 Å². The molecule has 1 amide bonds.